The van der Waals surface area contributed by atoms with Crippen molar-refractivity contribution in [3.8, 4) is 5.75 Å². The minimum atomic E-state index is -0.980. The topological polar surface area (TPSA) is 40.5 Å². The van der Waals surface area contributed by atoms with Crippen molar-refractivity contribution in [2.24, 2.45) is 0 Å². The van der Waals surface area contributed by atoms with Crippen LogP contribution in [0.15, 0.2) is 47.7 Å². The Balaban J connectivity index is 2.25. The maximum atomic E-state index is 9.75. The molecule has 2 N–H and O–H groups in total. The first-order valence-corrected chi connectivity index (χ1v) is 5.98. The Morgan fingerprint density at radius 1 is 1.18 bits per heavy atom. The summed E-state index contributed by atoms with van der Waals surface area (Å²) in [5, 5.41) is 19.4. The number of aliphatic hydroxyl groups is 1. The van der Waals surface area contributed by atoms with E-state index in [2.05, 4.69) is 0 Å². The third kappa shape index (κ3) is 2.96. The zero-order valence-corrected chi connectivity index (χ0v) is 10.5. The molecule has 0 radical (unpaired) electrons. The van der Waals surface area contributed by atoms with E-state index in [9.17, 15) is 10.2 Å². The van der Waals surface area contributed by atoms with Gasteiger partial charge in [0.05, 0.1) is 0 Å². The molecule has 0 aliphatic heterocycles. The van der Waals surface area contributed by atoms with E-state index in [1.54, 1.807) is 24.3 Å². The number of alkyl halides is 2. The Labute approximate surface area is 110 Å². The maximum absolute atomic E-state index is 9.75. The molecule has 0 aromatic heterocycles. The Morgan fingerprint density at radius 2 is 1.88 bits per heavy atom. The minimum Gasteiger partial charge on any atom is -0.508 e. The Hall–Kier alpha value is -1.12. The lowest BCUT2D eigenvalue weighted by atomic mass is 9.95. The van der Waals surface area contributed by atoms with Gasteiger partial charge in [-0.2, -0.15) is 0 Å². The first-order valence-electron chi connectivity index (χ1n) is 5.23. The summed E-state index contributed by atoms with van der Waals surface area (Å²) < 4.78 is -0.980. The summed E-state index contributed by atoms with van der Waals surface area (Å²) in [5.74, 6) is 0.377. The Kier molecular flexibility index (Phi) is 3.36. The number of aliphatic hydroxyl groups excluding tert-OH is 1. The first-order chi connectivity index (χ1) is 7.98. The smallest absolute Gasteiger partial charge is 0.140 e. The number of para-hydroxylation sites is 1. The number of rotatable bonds is 2. The average Bonchev–Trinajstić information content (AvgIpc) is 2.26. The highest BCUT2D eigenvalue weighted by atomic mass is 35.5. The van der Waals surface area contributed by atoms with Crippen molar-refractivity contribution in [1.82, 2.24) is 0 Å². The van der Waals surface area contributed by atoms with E-state index in [4.69, 9.17) is 23.2 Å². The van der Waals surface area contributed by atoms with Crippen LogP contribution in [0.5, 0.6) is 5.75 Å². The predicted molar refractivity (Wildman–Crippen MR) is 69.7 cm³/mol. The monoisotopic (exact) mass is 270 g/mol. The molecule has 90 valence electrons. The lowest BCUT2D eigenvalue weighted by Crippen LogP contribution is -2.16. The summed E-state index contributed by atoms with van der Waals surface area (Å²) in [6, 6.07) is 7.00. The molecule has 0 saturated carbocycles. The second-order valence-electron chi connectivity index (χ2n) is 4.07. The highest BCUT2D eigenvalue weighted by Crippen LogP contribution is 2.37. The Morgan fingerprint density at radius 3 is 2.59 bits per heavy atom. The van der Waals surface area contributed by atoms with E-state index in [1.165, 1.54) is 6.08 Å². The molecule has 0 fully saturated rings. The van der Waals surface area contributed by atoms with Gasteiger partial charge in [-0.05, 0) is 29.4 Å². The van der Waals surface area contributed by atoms with Crippen LogP contribution in [-0.4, -0.2) is 14.5 Å². The second kappa shape index (κ2) is 4.63. The summed E-state index contributed by atoms with van der Waals surface area (Å²) in [4.78, 5) is 0. The molecule has 1 aliphatic rings. The Bertz CT molecular complexity index is 490. The number of allylic oxidation sites excluding steroid dienone is 3. The lowest BCUT2D eigenvalue weighted by Gasteiger charge is -2.22. The van der Waals surface area contributed by atoms with E-state index in [0.717, 1.165) is 11.1 Å². The fourth-order valence-electron chi connectivity index (χ4n) is 1.80. The van der Waals surface area contributed by atoms with Crippen LogP contribution in [0.3, 0.4) is 0 Å². The van der Waals surface area contributed by atoms with Crippen LogP contribution in [0.2, 0.25) is 0 Å². The molecule has 17 heavy (non-hydrogen) atoms. The van der Waals surface area contributed by atoms with Crippen molar-refractivity contribution >= 4 is 23.2 Å². The molecule has 0 amide bonds. The van der Waals surface area contributed by atoms with Gasteiger partial charge in [-0.15, -0.1) is 0 Å². The number of hydrogen-bond acceptors (Lipinski definition) is 2. The van der Waals surface area contributed by atoms with Gasteiger partial charge in [0.2, 0.25) is 0 Å². The van der Waals surface area contributed by atoms with Crippen LogP contribution in [0.4, 0.5) is 0 Å². The van der Waals surface area contributed by atoms with Gasteiger partial charge in [0.25, 0.3) is 0 Å². The predicted octanol–water partition coefficient (Wildman–Crippen LogP) is 3.88. The fraction of sp³-hybridized carbons (Fsp3) is 0.231. The maximum Gasteiger partial charge on any atom is 0.140 e. The molecule has 0 saturated heterocycles. The lowest BCUT2D eigenvalue weighted by molar-refractivity contribution is 0.415. The van der Waals surface area contributed by atoms with Gasteiger partial charge in [-0.1, -0.05) is 41.4 Å². The fourth-order valence-corrected chi connectivity index (χ4v) is 2.24. The molecule has 0 heterocycles. The highest BCUT2D eigenvalue weighted by molar-refractivity contribution is 6.50. The zero-order chi connectivity index (χ0) is 12.5. The van der Waals surface area contributed by atoms with Crippen LogP contribution in [-0.2, 0) is 6.42 Å². The van der Waals surface area contributed by atoms with Crippen LogP contribution < -0.4 is 0 Å². The van der Waals surface area contributed by atoms with Gasteiger partial charge < -0.3 is 10.2 Å². The number of hydrogen-bond donors (Lipinski definition) is 2. The van der Waals surface area contributed by atoms with E-state index in [0.29, 0.717) is 12.8 Å². The summed E-state index contributed by atoms with van der Waals surface area (Å²) >= 11 is 12.0. The number of halogens is 2. The molecule has 2 nitrogen and oxygen atoms in total. The van der Waals surface area contributed by atoms with Gasteiger partial charge in [0, 0.05) is 12.8 Å². The van der Waals surface area contributed by atoms with Crippen LogP contribution in [0.1, 0.15) is 12.0 Å². The van der Waals surface area contributed by atoms with Gasteiger partial charge in [0.15, 0.2) is 0 Å². The summed E-state index contributed by atoms with van der Waals surface area (Å²) in [7, 11) is 0. The summed E-state index contributed by atoms with van der Waals surface area (Å²) in [6.45, 7) is 0. The molecule has 1 aliphatic carbocycles. The molecule has 2 rings (SSSR count). The molecule has 0 atom stereocenters. The van der Waals surface area contributed by atoms with Crippen molar-refractivity contribution in [1.29, 1.82) is 0 Å². The van der Waals surface area contributed by atoms with Crippen molar-refractivity contribution in [2.75, 3.05) is 0 Å². The number of phenolic OH excluding ortho intramolecular Hbond substituents is 1. The van der Waals surface area contributed by atoms with Gasteiger partial charge in [-0.3, -0.25) is 0 Å². The van der Waals surface area contributed by atoms with Crippen LogP contribution in [0, 0.1) is 0 Å². The molecule has 0 bridgehead atoms. The standard InChI is InChI=1S/C13H12Cl2O2/c14-13(15)6-5-12(17)10(8-13)7-9-3-1-2-4-11(9)16/h1-6,16-17H,7-8H2. The van der Waals surface area contributed by atoms with Crippen molar-refractivity contribution in [3.63, 3.8) is 0 Å². The van der Waals surface area contributed by atoms with Gasteiger partial charge >= 0.3 is 0 Å². The molecular weight excluding hydrogens is 259 g/mol. The first kappa shape index (κ1) is 12.3. The highest BCUT2D eigenvalue weighted by Gasteiger charge is 2.27. The molecule has 0 unspecified atom stereocenters. The van der Waals surface area contributed by atoms with E-state index >= 15 is 0 Å². The molecule has 0 spiro atoms. The van der Waals surface area contributed by atoms with E-state index in [1.807, 2.05) is 6.07 Å². The van der Waals surface area contributed by atoms with Crippen LogP contribution in [0.25, 0.3) is 0 Å². The second-order valence-corrected chi connectivity index (χ2v) is 5.61. The zero-order valence-electron chi connectivity index (χ0n) is 9.03. The van der Waals surface area contributed by atoms with Crippen molar-refractivity contribution in [3.05, 3.63) is 53.3 Å². The van der Waals surface area contributed by atoms with Crippen molar-refractivity contribution in [2.45, 2.75) is 17.2 Å². The SMILES string of the molecule is OC1=C(Cc2ccccc2O)CC(Cl)(Cl)C=C1. The molecule has 4 heteroatoms. The minimum absolute atomic E-state index is 0.171. The molecular formula is C13H12Cl2O2. The summed E-state index contributed by atoms with van der Waals surface area (Å²) in [5.41, 5.74) is 1.47. The van der Waals surface area contributed by atoms with E-state index in [-0.39, 0.29) is 11.5 Å². The van der Waals surface area contributed by atoms with Crippen molar-refractivity contribution < 1.29 is 10.2 Å². The quantitative estimate of drug-likeness (QED) is 0.801. The third-order valence-electron chi connectivity index (χ3n) is 2.69. The third-order valence-corrected chi connectivity index (χ3v) is 3.21. The average molecular weight is 271 g/mol. The van der Waals surface area contributed by atoms with Gasteiger partial charge in [-0.25, -0.2) is 0 Å². The number of aromatic hydroxyl groups is 1. The largest absolute Gasteiger partial charge is 0.508 e. The molecule has 1 aromatic carbocycles. The van der Waals surface area contributed by atoms with Gasteiger partial charge in [0.1, 0.15) is 15.8 Å². The van der Waals surface area contributed by atoms with Crippen LogP contribution >= 0.6 is 23.2 Å². The summed E-state index contributed by atoms with van der Waals surface area (Å²) in [6.07, 6.45) is 3.84. The number of benzene rings is 1. The molecule has 1 aromatic rings. The normalized spacial score (nSPS) is 18.5. The van der Waals surface area contributed by atoms with E-state index < -0.39 is 4.33 Å². The number of phenols is 1.